The molecule has 0 bridgehead atoms. The predicted octanol–water partition coefficient (Wildman–Crippen LogP) is 9.13. The van der Waals surface area contributed by atoms with Gasteiger partial charge in [0.25, 0.3) is 0 Å². The highest BCUT2D eigenvalue weighted by atomic mass is 16.4. The molecule has 0 saturated heterocycles. The Morgan fingerprint density at radius 2 is 1.45 bits per heavy atom. The molecule has 1 N–H and O–H groups in total. The van der Waals surface area contributed by atoms with Gasteiger partial charge in [-0.15, -0.1) is 0 Å². The monoisotopic (exact) mass is 548 g/mol. The number of carboxylic acids is 1. The van der Waals surface area contributed by atoms with E-state index < -0.39 is 5.97 Å². The van der Waals surface area contributed by atoms with Crippen LogP contribution in [-0.2, 0) is 11.2 Å². The van der Waals surface area contributed by atoms with Gasteiger partial charge in [0.05, 0.1) is 0 Å². The van der Waals surface area contributed by atoms with Crippen molar-refractivity contribution in [1.29, 1.82) is 5.26 Å². The summed E-state index contributed by atoms with van der Waals surface area (Å²) in [6.45, 7) is 0.960. The van der Waals surface area contributed by atoms with Gasteiger partial charge >= 0.3 is 5.97 Å². The molecule has 4 aromatic rings. The molecular formula is C38H32N2O2. The molecule has 1 aliphatic heterocycles. The zero-order valence-corrected chi connectivity index (χ0v) is 23.5. The van der Waals surface area contributed by atoms with Crippen LogP contribution in [0, 0.1) is 11.3 Å². The van der Waals surface area contributed by atoms with Crippen molar-refractivity contribution in [2.24, 2.45) is 0 Å². The number of carbonyl (C=O) groups is 1. The van der Waals surface area contributed by atoms with Crippen LogP contribution in [0.5, 0.6) is 0 Å². The number of hydrogen-bond donors (Lipinski definition) is 1. The quantitative estimate of drug-likeness (QED) is 0.193. The van der Waals surface area contributed by atoms with E-state index in [-0.39, 0.29) is 5.57 Å². The average molecular weight is 549 g/mol. The van der Waals surface area contributed by atoms with E-state index in [1.54, 1.807) is 0 Å². The van der Waals surface area contributed by atoms with Gasteiger partial charge in [0, 0.05) is 17.9 Å². The molecule has 1 heterocycles. The molecule has 2 aliphatic rings. The third-order valence-corrected chi connectivity index (χ3v) is 8.07. The van der Waals surface area contributed by atoms with E-state index >= 15 is 0 Å². The van der Waals surface area contributed by atoms with Gasteiger partial charge in [-0.1, -0.05) is 85.0 Å². The van der Waals surface area contributed by atoms with Gasteiger partial charge in [-0.3, -0.25) is 0 Å². The summed E-state index contributed by atoms with van der Waals surface area (Å²) < 4.78 is 0. The molecule has 0 fully saturated rings. The van der Waals surface area contributed by atoms with Gasteiger partial charge in [-0.25, -0.2) is 4.79 Å². The maximum atomic E-state index is 11.4. The highest BCUT2D eigenvalue weighted by Crippen LogP contribution is 2.39. The van der Waals surface area contributed by atoms with Crippen LogP contribution < -0.4 is 4.90 Å². The Labute approximate surface area is 247 Å². The standard InChI is InChI=1S/C38H32N2O2/c39-26-36(38(41)42)31-14-7-9-27(21-31)16-17-28-18-19-37-32(22-28)15-8-20-40(37)35-24-33(29-10-3-1-4-11-29)23-34(25-35)30-12-5-2-6-13-30/h1-6,10-13,16-19,21-25H,7-9,14-15,20H2,(H,41,42). The molecule has 1 aliphatic carbocycles. The molecule has 4 nitrogen and oxygen atoms in total. The molecule has 0 aromatic heterocycles. The second-order valence-corrected chi connectivity index (χ2v) is 10.9. The summed E-state index contributed by atoms with van der Waals surface area (Å²) in [7, 11) is 0. The van der Waals surface area contributed by atoms with Crippen molar-refractivity contribution in [3.8, 4) is 28.3 Å². The van der Waals surface area contributed by atoms with E-state index in [1.807, 2.05) is 12.1 Å². The van der Waals surface area contributed by atoms with Crippen LogP contribution in [0.3, 0.4) is 0 Å². The van der Waals surface area contributed by atoms with Gasteiger partial charge in [0.15, 0.2) is 0 Å². The lowest BCUT2D eigenvalue weighted by atomic mass is 9.91. The smallest absolute Gasteiger partial charge is 0.346 e. The van der Waals surface area contributed by atoms with Gasteiger partial charge in [-0.2, -0.15) is 5.26 Å². The third-order valence-electron chi connectivity index (χ3n) is 8.07. The Morgan fingerprint density at radius 3 is 2.10 bits per heavy atom. The summed E-state index contributed by atoms with van der Waals surface area (Å²) in [5, 5.41) is 18.6. The number of aryl methyl sites for hydroxylation is 1. The van der Waals surface area contributed by atoms with Crippen molar-refractivity contribution < 1.29 is 9.90 Å². The van der Waals surface area contributed by atoms with Crippen molar-refractivity contribution in [3.63, 3.8) is 0 Å². The molecule has 0 amide bonds. The number of aliphatic carboxylic acids is 1. The zero-order valence-electron chi connectivity index (χ0n) is 23.5. The van der Waals surface area contributed by atoms with Crippen LogP contribution in [0.25, 0.3) is 28.3 Å². The second-order valence-electron chi connectivity index (χ2n) is 10.9. The number of fused-ring (bicyclic) bond motifs is 1. The van der Waals surface area contributed by atoms with E-state index in [1.165, 1.54) is 39.2 Å². The molecule has 0 spiro atoms. The second kappa shape index (κ2) is 12.2. The summed E-state index contributed by atoms with van der Waals surface area (Å²) in [5.74, 6) is -1.15. The van der Waals surface area contributed by atoms with Gasteiger partial charge in [0.1, 0.15) is 11.6 Å². The van der Waals surface area contributed by atoms with Crippen molar-refractivity contribution in [1.82, 2.24) is 0 Å². The van der Waals surface area contributed by atoms with Crippen LogP contribution in [0.2, 0.25) is 0 Å². The predicted molar refractivity (Wildman–Crippen MR) is 170 cm³/mol. The Hall–Kier alpha value is -5.14. The number of allylic oxidation sites excluding steroid dienone is 4. The molecule has 206 valence electrons. The van der Waals surface area contributed by atoms with Crippen LogP contribution in [-0.4, -0.2) is 17.6 Å². The van der Waals surface area contributed by atoms with Gasteiger partial charge in [-0.05, 0) is 107 Å². The summed E-state index contributed by atoms with van der Waals surface area (Å²) in [6, 6.07) is 36.5. The summed E-state index contributed by atoms with van der Waals surface area (Å²) in [5.41, 5.74) is 11.2. The topological polar surface area (TPSA) is 64.3 Å². The van der Waals surface area contributed by atoms with E-state index in [0.717, 1.165) is 43.4 Å². The van der Waals surface area contributed by atoms with Crippen LogP contribution in [0.15, 0.2) is 126 Å². The van der Waals surface area contributed by atoms with Crippen molar-refractivity contribution in [2.75, 3.05) is 11.4 Å². The van der Waals surface area contributed by atoms with E-state index in [2.05, 4.69) is 114 Å². The first-order chi connectivity index (χ1) is 20.6. The highest BCUT2D eigenvalue weighted by molar-refractivity contribution is 5.92. The molecule has 0 radical (unpaired) electrons. The lowest BCUT2D eigenvalue weighted by Crippen LogP contribution is -2.24. The normalized spacial score (nSPS) is 16.0. The van der Waals surface area contributed by atoms with Gasteiger partial charge < -0.3 is 10.0 Å². The Balaban J connectivity index is 1.33. The largest absolute Gasteiger partial charge is 0.477 e. The number of benzene rings is 4. The third kappa shape index (κ3) is 5.82. The Morgan fingerprint density at radius 1 is 0.762 bits per heavy atom. The molecule has 0 saturated carbocycles. The van der Waals surface area contributed by atoms with E-state index in [0.29, 0.717) is 12.0 Å². The average Bonchev–Trinajstić information content (AvgIpc) is 3.04. The number of anilines is 2. The molecule has 4 aromatic carbocycles. The van der Waals surface area contributed by atoms with Crippen LogP contribution >= 0.6 is 0 Å². The summed E-state index contributed by atoms with van der Waals surface area (Å²) in [6.07, 6.45) is 10.5. The number of nitriles is 1. The fourth-order valence-electron chi connectivity index (χ4n) is 5.99. The summed E-state index contributed by atoms with van der Waals surface area (Å²) >= 11 is 0. The fourth-order valence-corrected chi connectivity index (χ4v) is 5.99. The van der Waals surface area contributed by atoms with Crippen molar-refractivity contribution >= 4 is 23.4 Å². The summed E-state index contributed by atoms with van der Waals surface area (Å²) in [4.78, 5) is 13.9. The lowest BCUT2D eigenvalue weighted by molar-refractivity contribution is -0.132. The minimum Gasteiger partial charge on any atom is -0.477 e. The highest BCUT2D eigenvalue weighted by Gasteiger charge is 2.20. The van der Waals surface area contributed by atoms with Crippen molar-refractivity contribution in [3.05, 3.63) is 137 Å². The number of carboxylic acid groups (broad SMARTS) is 1. The van der Waals surface area contributed by atoms with Gasteiger partial charge in [0.2, 0.25) is 0 Å². The number of nitrogens with zero attached hydrogens (tertiary/aromatic N) is 2. The first kappa shape index (κ1) is 27.1. The molecular weight excluding hydrogens is 516 g/mol. The molecule has 0 unspecified atom stereocenters. The van der Waals surface area contributed by atoms with E-state index in [9.17, 15) is 15.2 Å². The Kier molecular flexibility index (Phi) is 7.83. The Bertz CT molecular complexity index is 1700. The molecule has 42 heavy (non-hydrogen) atoms. The molecule has 6 rings (SSSR count). The van der Waals surface area contributed by atoms with Crippen molar-refractivity contribution in [2.45, 2.75) is 32.1 Å². The number of hydrogen-bond acceptors (Lipinski definition) is 3. The first-order valence-electron chi connectivity index (χ1n) is 14.5. The van der Waals surface area contributed by atoms with Crippen LogP contribution in [0.4, 0.5) is 11.4 Å². The maximum Gasteiger partial charge on any atom is 0.346 e. The first-order valence-corrected chi connectivity index (χ1v) is 14.5. The fraction of sp³-hybridized carbons (Fsp3) is 0.158. The zero-order chi connectivity index (χ0) is 28.9. The maximum absolute atomic E-state index is 11.4. The minimum absolute atomic E-state index is 0.152. The van der Waals surface area contributed by atoms with E-state index in [4.69, 9.17) is 0 Å². The molecule has 0 atom stereocenters. The minimum atomic E-state index is -1.15. The molecule has 4 heteroatoms. The SMILES string of the molecule is N#CC(C(=O)O)=C1C=C(C=Cc2ccc3c(c2)CCCN3c2cc(-c3ccccc3)cc(-c3ccccc3)c2)CCC1. The number of rotatable bonds is 6. The lowest BCUT2D eigenvalue weighted by Gasteiger charge is -2.32. The van der Waals surface area contributed by atoms with Crippen LogP contribution in [0.1, 0.15) is 36.8 Å².